The van der Waals surface area contributed by atoms with Crippen LogP contribution in [0.3, 0.4) is 0 Å². The molecule has 0 unspecified atom stereocenters. The van der Waals surface area contributed by atoms with Gasteiger partial charge in [-0.15, -0.1) is 0 Å². The van der Waals surface area contributed by atoms with Crippen LogP contribution in [-0.4, -0.2) is 62.9 Å². The molecule has 0 saturated carbocycles. The highest BCUT2D eigenvalue weighted by atomic mass is 32.2. The fraction of sp³-hybridized carbons (Fsp3) is 0.750. The molecule has 1 rings (SSSR count). The SMILES string of the molecule is CCNCCCN(C)S(=O)(=O)Nc1cnn(CCOC)c1. The normalized spacial score (nSPS) is 12.0. The van der Waals surface area contributed by atoms with Crippen molar-refractivity contribution in [2.24, 2.45) is 0 Å². The van der Waals surface area contributed by atoms with Crippen LogP contribution in [0.2, 0.25) is 0 Å². The van der Waals surface area contributed by atoms with E-state index >= 15 is 0 Å². The molecular formula is C12H25N5O3S. The Bertz CT molecular complexity index is 503. The summed E-state index contributed by atoms with van der Waals surface area (Å²) in [4.78, 5) is 0. The quantitative estimate of drug-likeness (QED) is 0.566. The summed E-state index contributed by atoms with van der Waals surface area (Å²) in [6, 6.07) is 0. The average Bonchev–Trinajstić information content (AvgIpc) is 2.87. The van der Waals surface area contributed by atoms with Crippen LogP contribution in [0, 0.1) is 0 Å². The third-order valence-corrected chi connectivity index (χ3v) is 4.39. The molecule has 1 aromatic rings. The molecule has 1 aromatic heterocycles. The molecule has 1 heterocycles. The Morgan fingerprint density at radius 1 is 1.48 bits per heavy atom. The molecular weight excluding hydrogens is 294 g/mol. The largest absolute Gasteiger partial charge is 0.383 e. The maximum Gasteiger partial charge on any atom is 0.301 e. The Hall–Kier alpha value is -1.16. The van der Waals surface area contributed by atoms with Crippen molar-refractivity contribution in [1.29, 1.82) is 0 Å². The van der Waals surface area contributed by atoms with Gasteiger partial charge in [0.05, 0.1) is 25.0 Å². The summed E-state index contributed by atoms with van der Waals surface area (Å²) in [6.45, 7) is 5.26. The molecule has 21 heavy (non-hydrogen) atoms. The highest BCUT2D eigenvalue weighted by molar-refractivity contribution is 7.90. The van der Waals surface area contributed by atoms with E-state index in [0.29, 0.717) is 25.4 Å². The van der Waals surface area contributed by atoms with E-state index in [1.807, 2.05) is 6.92 Å². The molecule has 0 saturated heterocycles. The predicted molar refractivity (Wildman–Crippen MR) is 82.4 cm³/mol. The number of rotatable bonds is 11. The van der Waals surface area contributed by atoms with Crippen molar-refractivity contribution < 1.29 is 13.2 Å². The second-order valence-corrected chi connectivity index (χ2v) is 6.40. The fourth-order valence-corrected chi connectivity index (χ4v) is 2.60. The van der Waals surface area contributed by atoms with Gasteiger partial charge in [0.15, 0.2) is 0 Å². The van der Waals surface area contributed by atoms with Crippen LogP contribution < -0.4 is 10.0 Å². The summed E-state index contributed by atoms with van der Waals surface area (Å²) in [5.41, 5.74) is 0.449. The van der Waals surface area contributed by atoms with Crippen LogP contribution in [0.4, 0.5) is 5.69 Å². The number of nitrogens with zero attached hydrogens (tertiary/aromatic N) is 3. The van der Waals surface area contributed by atoms with Crippen molar-refractivity contribution >= 4 is 15.9 Å². The summed E-state index contributed by atoms with van der Waals surface area (Å²) < 4.78 is 34.6. The Balaban J connectivity index is 2.48. The van der Waals surface area contributed by atoms with Gasteiger partial charge in [0.25, 0.3) is 0 Å². The highest BCUT2D eigenvalue weighted by Crippen LogP contribution is 2.09. The number of anilines is 1. The van der Waals surface area contributed by atoms with Gasteiger partial charge < -0.3 is 10.1 Å². The van der Waals surface area contributed by atoms with Crippen molar-refractivity contribution in [3.05, 3.63) is 12.4 Å². The maximum absolute atomic E-state index is 12.1. The summed E-state index contributed by atoms with van der Waals surface area (Å²) in [7, 11) is -0.371. The van der Waals surface area contributed by atoms with Gasteiger partial charge in [-0.05, 0) is 19.5 Å². The molecule has 0 spiro atoms. The molecule has 122 valence electrons. The second-order valence-electron chi connectivity index (χ2n) is 4.62. The molecule has 0 aliphatic carbocycles. The van der Waals surface area contributed by atoms with Crippen LogP contribution in [0.1, 0.15) is 13.3 Å². The first kappa shape index (κ1) is 17.9. The molecule has 9 heteroatoms. The summed E-state index contributed by atoms with van der Waals surface area (Å²) >= 11 is 0. The zero-order valence-corrected chi connectivity index (χ0v) is 13.7. The lowest BCUT2D eigenvalue weighted by Crippen LogP contribution is -2.34. The van der Waals surface area contributed by atoms with Gasteiger partial charge in [0, 0.05) is 26.9 Å². The van der Waals surface area contributed by atoms with Gasteiger partial charge in [-0.1, -0.05) is 6.92 Å². The maximum atomic E-state index is 12.1. The number of nitrogens with one attached hydrogen (secondary N) is 2. The van der Waals surface area contributed by atoms with Gasteiger partial charge in [-0.3, -0.25) is 9.40 Å². The topological polar surface area (TPSA) is 88.5 Å². The van der Waals surface area contributed by atoms with Gasteiger partial charge in [-0.2, -0.15) is 17.8 Å². The number of methoxy groups -OCH3 is 1. The molecule has 0 radical (unpaired) electrons. The minimum Gasteiger partial charge on any atom is -0.383 e. The van der Waals surface area contributed by atoms with Crippen molar-refractivity contribution in [2.45, 2.75) is 19.9 Å². The summed E-state index contributed by atoms with van der Waals surface area (Å²) in [5.74, 6) is 0. The van der Waals surface area contributed by atoms with E-state index in [4.69, 9.17) is 4.74 Å². The lowest BCUT2D eigenvalue weighted by atomic mass is 10.4. The third-order valence-electron chi connectivity index (χ3n) is 2.89. The smallest absolute Gasteiger partial charge is 0.301 e. The van der Waals surface area contributed by atoms with Gasteiger partial charge in [0.1, 0.15) is 0 Å². The lowest BCUT2D eigenvalue weighted by molar-refractivity contribution is 0.183. The van der Waals surface area contributed by atoms with Crippen molar-refractivity contribution in [2.75, 3.05) is 45.1 Å². The third kappa shape index (κ3) is 6.42. The number of hydrogen-bond donors (Lipinski definition) is 2. The van der Waals surface area contributed by atoms with E-state index in [2.05, 4.69) is 15.1 Å². The number of hydrogen-bond acceptors (Lipinski definition) is 5. The van der Waals surface area contributed by atoms with Crippen LogP contribution >= 0.6 is 0 Å². The zero-order chi connectivity index (χ0) is 15.7. The van der Waals surface area contributed by atoms with Gasteiger partial charge >= 0.3 is 10.2 Å². The van der Waals surface area contributed by atoms with E-state index in [0.717, 1.165) is 19.5 Å². The van der Waals surface area contributed by atoms with Crippen molar-refractivity contribution in [3.8, 4) is 0 Å². The molecule has 0 atom stereocenters. The lowest BCUT2D eigenvalue weighted by Gasteiger charge is -2.17. The number of ether oxygens (including phenoxy) is 1. The molecule has 2 N–H and O–H groups in total. The molecule has 0 bridgehead atoms. The first-order valence-corrected chi connectivity index (χ1v) is 8.39. The minimum atomic E-state index is -3.54. The first-order valence-electron chi connectivity index (χ1n) is 6.95. The van der Waals surface area contributed by atoms with Crippen LogP contribution in [0.5, 0.6) is 0 Å². The standard InChI is InChI=1S/C12H25N5O3S/c1-4-13-6-5-7-16(2)21(18,19)15-12-10-14-17(11-12)8-9-20-3/h10-11,13,15H,4-9H2,1-3H3. The van der Waals surface area contributed by atoms with E-state index in [-0.39, 0.29) is 0 Å². The van der Waals surface area contributed by atoms with E-state index < -0.39 is 10.2 Å². The van der Waals surface area contributed by atoms with Crippen molar-refractivity contribution in [3.63, 3.8) is 0 Å². The van der Waals surface area contributed by atoms with Gasteiger partial charge in [0.2, 0.25) is 0 Å². The predicted octanol–water partition coefficient (Wildman–Crippen LogP) is 0.118. The average molecular weight is 319 g/mol. The molecule has 0 aliphatic rings. The Kier molecular flexibility index (Phi) is 7.65. The minimum absolute atomic E-state index is 0.449. The molecule has 0 aromatic carbocycles. The Labute approximate surface area is 126 Å². The zero-order valence-electron chi connectivity index (χ0n) is 12.9. The van der Waals surface area contributed by atoms with Gasteiger partial charge in [-0.25, -0.2) is 0 Å². The van der Waals surface area contributed by atoms with E-state index in [1.165, 1.54) is 10.5 Å². The van der Waals surface area contributed by atoms with E-state index in [1.54, 1.807) is 25.0 Å². The second kappa shape index (κ2) is 8.98. The monoisotopic (exact) mass is 319 g/mol. The summed E-state index contributed by atoms with van der Waals surface area (Å²) in [6.07, 6.45) is 3.89. The fourth-order valence-electron chi connectivity index (χ4n) is 1.67. The van der Waals surface area contributed by atoms with Crippen molar-refractivity contribution in [1.82, 2.24) is 19.4 Å². The molecule has 8 nitrogen and oxygen atoms in total. The molecule has 0 aliphatic heterocycles. The molecule has 0 amide bonds. The van der Waals surface area contributed by atoms with Crippen LogP contribution in [-0.2, 0) is 21.5 Å². The highest BCUT2D eigenvalue weighted by Gasteiger charge is 2.17. The van der Waals surface area contributed by atoms with Crippen LogP contribution in [0.25, 0.3) is 0 Å². The van der Waals surface area contributed by atoms with Crippen LogP contribution in [0.15, 0.2) is 12.4 Å². The number of aromatic nitrogens is 2. The Morgan fingerprint density at radius 2 is 2.24 bits per heavy atom. The van der Waals surface area contributed by atoms with E-state index in [9.17, 15) is 8.42 Å². The molecule has 0 fully saturated rings. The first-order chi connectivity index (χ1) is 9.99. The Morgan fingerprint density at radius 3 is 2.90 bits per heavy atom. The summed E-state index contributed by atoms with van der Waals surface area (Å²) in [5, 5.41) is 7.23.